The lowest BCUT2D eigenvalue weighted by Gasteiger charge is -2.09. The predicted octanol–water partition coefficient (Wildman–Crippen LogP) is 2.34. The zero-order valence-corrected chi connectivity index (χ0v) is 9.75. The predicted molar refractivity (Wildman–Crippen MR) is 66.4 cm³/mol. The Kier molecular flexibility index (Phi) is 3.30. The number of benzene rings is 1. The van der Waals surface area contributed by atoms with Gasteiger partial charge in [0, 0.05) is 12.1 Å². The summed E-state index contributed by atoms with van der Waals surface area (Å²) < 4.78 is 10.7. The molecule has 0 fully saturated rings. The first-order valence-corrected chi connectivity index (χ1v) is 5.20. The number of anilines is 1. The molecule has 90 valence electrons. The number of nitrogens with zero attached hydrogens (tertiary/aromatic N) is 2. The van der Waals surface area contributed by atoms with Gasteiger partial charge in [-0.05, 0) is 18.2 Å². The Hall–Kier alpha value is -2.74. The van der Waals surface area contributed by atoms with E-state index in [0.29, 0.717) is 28.6 Å². The molecule has 1 aromatic carbocycles. The van der Waals surface area contributed by atoms with E-state index < -0.39 is 0 Å². The molecule has 0 spiro atoms. The molecule has 2 aromatic rings. The van der Waals surface area contributed by atoms with Crippen molar-refractivity contribution in [2.75, 3.05) is 12.8 Å². The zero-order chi connectivity index (χ0) is 13.0. The Morgan fingerprint density at radius 2 is 2.06 bits per heavy atom. The van der Waals surface area contributed by atoms with Crippen molar-refractivity contribution in [3.05, 3.63) is 42.1 Å². The second-order valence-electron chi connectivity index (χ2n) is 3.51. The second-order valence-corrected chi connectivity index (χ2v) is 3.51. The molecule has 5 nitrogen and oxygen atoms in total. The van der Waals surface area contributed by atoms with Gasteiger partial charge in [-0.1, -0.05) is 0 Å². The van der Waals surface area contributed by atoms with E-state index in [-0.39, 0.29) is 0 Å². The Labute approximate surface area is 104 Å². The van der Waals surface area contributed by atoms with Gasteiger partial charge in [-0.3, -0.25) is 0 Å². The molecule has 0 saturated heterocycles. The van der Waals surface area contributed by atoms with Gasteiger partial charge in [-0.25, -0.2) is 4.98 Å². The van der Waals surface area contributed by atoms with E-state index in [1.165, 1.54) is 13.3 Å². The van der Waals surface area contributed by atoms with Crippen molar-refractivity contribution in [2.24, 2.45) is 0 Å². The van der Waals surface area contributed by atoms with Crippen LogP contribution in [0.1, 0.15) is 5.56 Å². The maximum atomic E-state index is 8.80. The molecule has 0 aliphatic heterocycles. The molecule has 2 N–H and O–H groups in total. The second kappa shape index (κ2) is 5.06. The van der Waals surface area contributed by atoms with Crippen LogP contribution in [0.2, 0.25) is 0 Å². The highest BCUT2D eigenvalue weighted by Gasteiger charge is 2.07. The maximum absolute atomic E-state index is 8.80. The maximum Gasteiger partial charge on any atom is 0.219 e. The number of aromatic nitrogens is 1. The van der Waals surface area contributed by atoms with Crippen molar-refractivity contribution in [2.45, 2.75) is 0 Å². The Bertz CT molecular complexity index is 588. The smallest absolute Gasteiger partial charge is 0.219 e. The van der Waals surface area contributed by atoms with E-state index in [2.05, 4.69) is 4.98 Å². The van der Waals surface area contributed by atoms with E-state index in [0.717, 1.165) is 0 Å². The number of nitrogen functional groups attached to an aromatic ring is 1. The fourth-order valence-corrected chi connectivity index (χ4v) is 1.39. The van der Waals surface area contributed by atoms with Gasteiger partial charge >= 0.3 is 0 Å². The molecule has 0 atom stereocenters. The van der Waals surface area contributed by atoms with E-state index in [9.17, 15) is 0 Å². The molecule has 0 aliphatic rings. The number of pyridine rings is 1. The Morgan fingerprint density at radius 3 is 2.67 bits per heavy atom. The lowest BCUT2D eigenvalue weighted by Crippen LogP contribution is -1.93. The number of hydrogen-bond donors (Lipinski definition) is 1. The van der Waals surface area contributed by atoms with Crippen LogP contribution in [0.5, 0.6) is 17.4 Å². The van der Waals surface area contributed by atoms with Crippen LogP contribution >= 0.6 is 0 Å². The van der Waals surface area contributed by atoms with Crippen molar-refractivity contribution in [3.8, 4) is 23.4 Å². The van der Waals surface area contributed by atoms with Crippen molar-refractivity contribution >= 4 is 5.69 Å². The molecule has 5 heteroatoms. The van der Waals surface area contributed by atoms with Crippen LogP contribution < -0.4 is 15.2 Å². The van der Waals surface area contributed by atoms with Gasteiger partial charge in [0.1, 0.15) is 0 Å². The van der Waals surface area contributed by atoms with Crippen molar-refractivity contribution < 1.29 is 9.47 Å². The number of ether oxygens (including phenoxy) is 2. The number of nitrogens with two attached hydrogens (primary N) is 1. The summed E-state index contributed by atoms with van der Waals surface area (Å²) in [6.07, 6.45) is 1.51. The minimum atomic E-state index is 0.409. The quantitative estimate of drug-likeness (QED) is 0.891. The van der Waals surface area contributed by atoms with E-state index in [1.807, 2.05) is 6.07 Å². The summed E-state index contributed by atoms with van der Waals surface area (Å²) in [5.41, 5.74) is 6.60. The normalized spacial score (nSPS) is 9.56. The Balaban J connectivity index is 2.29. The molecule has 0 bridgehead atoms. The third kappa shape index (κ3) is 2.50. The van der Waals surface area contributed by atoms with Crippen LogP contribution in [0, 0.1) is 11.3 Å². The van der Waals surface area contributed by atoms with Crippen LogP contribution in [0.15, 0.2) is 36.5 Å². The average Bonchev–Trinajstić information content (AvgIpc) is 2.41. The lowest BCUT2D eigenvalue weighted by atomic mass is 10.2. The zero-order valence-electron chi connectivity index (χ0n) is 9.75. The molecular formula is C13H11N3O2. The van der Waals surface area contributed by atoms with Gasteiger partial charge in [0.15, 0.2) is 11.5 Å². The van der Waals surface area contributed by atoms with Gasteiger partial charge in [0.2, 0.25) is 5.88 Å². The molecule has 1 aromatic heterocycles. The molecular weight excluding hydrogens is 230 g/mol. The van der Waals surface area contributed by atoms with Crippen molar-refractivity contribution in [1.82, 2.24) is 4.98 Å². The molecule has 0 saturated carbocycles. The summed E-state index contributed by atoms with van der Waals surface area (Å²) in [6, 6.07) is 10.3. The number of methoxy groups -OCH3 is 1. The van der Waals surface area contributed by atoms with Crippen LogP contribution in [-0.2, 0) is 0 Å². The van der Waals surface area contributed by atoms with Gasteiger partial charge in [-0.2, -0.15) is 5.26 Å². The fourth-order valence-electron chi connectivity index (χ4n) is 1.39. The monoisotopic (exact) mass is 241 g/mol. The molecule has 2 rings (SSSR count). The summed E-state index contributed by atoms with van der Waals surface area (Å²) in [4.78, 5) is 4.02. The highest BCUT2D eigenvalue weighted by atomic mass is 16.5. The van der Waals surface area contributed by atoms with E-state index in [4.69, 9.17) is 20.5 Å². The average molecular weight is 241 g/mol. The third-order valence-electron chi connectivity index (χ3n) is 2.27. The largest absolute Gasteiger partial charge is 0.493 e. The van der Waals surface area contributed by atoms with Crippen LogP contribution in [-0.4, -0.2) is 12.1 Å². The summed E-state index contributed by atoms with van der Waals surface area (Å²) in [5, 5.41) is 8.80. The molecule has 0 aliphatic carbocycles. The summed E-state index contributed by atoms with van der Waals surface area (Å²) in [7, 11) is 1.51. The first kappa shape index (κ1) is 11.7. The van der Waals surface area contributed by atoms with Gasteiger partial charge in [-0.15, -0.1) is 0 Å². The lowest BCUT2D eigenvalue weighted by molar-refractivity contribution is 0.374. The van der Waals surface area contributed by atoms with Crippen molar-refractivity contribution in [1.29, 1.82) is 5.26 Å². The summed E-state index contributed by atoms with van der Waals surface area (Å²) in [6.45, 7) is 0. The molecule has 0 radical (unpaired) electrons. The first-order chi connectivity index (χ1) is 8.72. The fraction of sp³-hybridized carbons (Fsp3) is 0.0769. The first-order valence-electron chi connectivity index (χ1n) is 5.20. The van der Waals surface area contributed by atoms with Crippen LogP contribution in [0.4, 0.5) is 5.69 Å². The molecule has 0 unspecified atom stereocenters. The third-order valence-corrected chi connectivity index (χ3v) is 2.27. The molecule has 1 heterocycles. The minimum Gasteiger partial charge on any atom is -0.493 e. The SMILES string of the molecule is COc1cc(C#N)ccc1Oc1ccc(N)cn1. The minimum absolute atomic E-state index is 0.409. The summed E-state index contributed by atoms with van der Waals surface area (Å²) >= 11 is 0. The highest BCUT2D eigenvalue weighted by Crippen LogP contribution is 2.31. The van der Waals surface area contributed by atoms with Gasteiger partial charge in [0.05, 0.1) is 30.6 Å². The van der Waals surface area contributed by atoms with E-state index >= 15 is 0 Å². The number of nitriles is 1. The van der Waals surface area contributed by atoms with E-state index in [1.54, 1.807) is 30.3 Å². The molecule has 18 heavy (non-hydrogen) atoms. The van der Waals surface area contributed by atoms with Crippen molar-refractivity contribution in [3.63, 3.8) is 0 Å². The molecule has 0 amide bonds. The van der Waals surface area contributed by atoms with Gasteiger partial charge < -0.3 is 15.2 Å². The van der Waals surface area contributed by atoms with Gasteiger partial charge in [0.25, 0.3) is 0 Å². The topological polar surface area (TPSA) is 81.2 Å². The van der Waals surface area contributed by atoms with Crippen LogP contribution in [0.3, 0.4) is 0 Å². The highest BCUT2D eigenvalue weighted by molar-refractivity contribution is 5.48. The number of rotatable bonds is 3. The number of hydrogen-bond acceptors (Lipinski definition) is 5. The van der Waals surface area contributed by atoms with Crippen LogP contribution in [0.25, 0.3) is 0 Å². The Morgan fingerprint density at radius 1 is 1.22 bits per heavy atom. The standard InChI is InChI=1S/C13H11N3O2/c1-17-12-6-9(7-14)2-4-11(12)18-13-5-3-10(15)8-16-13/h2-6,8H,15H2,1H3. The summed E-state index contributed by atoms with van der Waals surface area (Å²) in [5.74, 6) is 1.38.